The van der Waals surface area contributed by atoms with Gasteiger partial charge in [0.15, 0.2) is 0 Å². The molecule has 0 rings (SSSR count). The van der Waals surface area contributed by atoms with E-state index in [-0.39, 0.29) is 0 Å². The minimum atomic E-state index is -8.86. The summed E-state index contributed by atoms with van der Waals surface area (Å²) in [6.45, 7) is 0. The normalized spacial score (nSPS) is 18.9. The van der Waals surface area contributed by atoms with E-state index >= 15 is 0 Å². The van der Waals surface area contributed by atoms with Crippen LogP contribution in [-0.4, -0.2) is 15.5 Å². The van der Waals surface area contributed by atoms with Gasteiger partial charge in [0.25, 0.3) is 0 Å². The first-order valence-corrected chi connectivity index (χ1v) is 11.7. The van der Waals surface area contributed by atoms with Crippen molar-refractivity contribution in [2.24, 2.45) is 0 Å². The number of hydrogen-bond acceptors (Lipinski definition) is 8. The molecule has 0 saturated carbocycles. The van der Waals surface area contributed by atoms with E-state index in [4.69, 9.17) is 10.4 Å². The van der Waals surface area contributed by atoms with Gasteiger partial charge in [-0.05, 0) is 0 Å². The second-order valence-electron chi connectivity index (χ2n) is 2.01. The molecule has 0 aliphatic carbocycles. The number of hydrogen-bond donors (Lipinski definition) is 5. The van der Waals surface area contributed by atoms with Gasteiger partial charge in [0.2, 0.25) is 0 Å². The number of nitrogens with zero attached hydrogens (tertiary/aromatic N) is 1. The van der Waals surface area contributed by atoms with Gasteiger partial charge in [0.1, 0.15) is 0 Å². The molecule has 0 radical (unpaired) electrons. The van der Waals surface area contributed by atoms with E-state index in [9.17, 15) is 10.1 Å². The van der Waals surface area contributed by atoms with Gasteiger partial charge < -0.3 is 0 Å². The van der Waals surface area contributed by atoms with Crippen LogP contribution in [0.25, 0.3) is 0 Å². The molecule has 0 heterocycles. The van der Waals surface area contributed by atoms with E-state index in [0.29, 0.717) is 0 Å². The molecular weight excluding hydrogens is 281 g/mol. The molecule has 5 N–H and O–H groups in total. The fraction of sp³-hybridized carbons (Fsp3) is 0. The van der Waals surface area contributed by atoms with Crippen molar-refractivity contribution in [3.8, 4) is 0 Å². The van der Waals surface area contributed by atoms with Crippen molar-refractivity contribution in [1.82, 2.24) is 0 Å². The predicted octanol–water partition coefficient (Wildman–Crippen LogP) is -3.13. The molecule has 0 aromatic rings. The van der Waals surface area contributed by atoms with Crippen LogP contribution >= 0.6 is 0 Å². The minimum absolute atomic E-state index is 1.93. The zero-order chi connectivity index (χ0) is 8.69. The van der Waals surface area contributed by atoms with Crippen LogP contribution in [0, 0.1) is 37.7 Å². The maximum absolute atomic E-state index is 9.26. The van der Waals surface area contributed by atoms with Crippen molar-refractivity contribution in [2.75, 3.05) is 0 Å². The summed E-state index contributed by atoms with van der Waals surface area (Å²) in [4.78, 5) is 9.26. The van der Waals surface area contributed by atoms with Crippen molar-refractivity contribution in [1.29, 1.82) is 0 Å². The first-order chi connectivity index (χ1) is 3.89. The van der Waals surface area contributed by atoms with Crippen molar-refractivity contribution in [3.05, 3.63) is 10.1 Å². The summed E-state index contributed by atoms with van der Waals surface area (Å²) < 4.78 is 42.0. The molecule has 0 bridgehead atoms. The summed E-state index contributed by atoms with van der Waals surface area (Å²) >= 11 is -8.86. The third-order valence-corrected chi connectivity index (χ3v) is 2.34. The van der Waals surface area contributed by atoms with Gasteiger partial charge in [-0.1, -0.05) is 0 Å². The Hall–Kier alpha value is 0.195. The monoisotopic (exact) mass is 286 g/mol. The fourth-order valence-electron chi connectivity index (χ4n) is 0.192. The first kappa shape index (κ1) is 10.2. The van der Waals surface area contributed by atoms with E-state index in [2.05, 4.69) is 1.81 Å². The van der Waals surface area contributed by atoms with E-state index in [1.807, 2.05) is 0 Å². The zero-order valence-electron chi connectivity index (χ0n) is 4.49. The third-order valence-electron chi connectivity index (χ3n) is 0.322. The number of rotatable bonds is 2. The second kappa shape index (κ2) is 1.68. The zero-order valence-corrected chi connectivity index (χ0v) is 8.11. The van der Waals surface area contributed by atoms with E-state index in [1.54, 1.807) is 0 Å². The molecule has 0 atom stereocenters. The Morgan fingerprint density at radius 1 is 1.20 bits per heavy atom. The molecule has 0 aromatic carbocycles. The molecule has 10 heteroatoms. The summed E-state index contributed by atoms with van der Waals surface area (Å²) in [5, 5.41) is 7.34. The molecule has 0 spiro atoms. The van der Waals surface area contributed by atoms with Crippen molar-refractivity contribution in [2.45, 2.75) is 0 Å². The van der Waals surface area contributed by atoms with Crippen molar-refractivity contribution >= 4 is 0 Å². The van der Waals surface area contributed by atoms with Crippen LogP contribution in [0.4, 0.5) is 0 Å². The molecular formula is H5LaNO8. The predicted molar refractivity (Wildman–Crippen MR) is 19.2 cm³/mol. The van der Waals surface area contributed by atoms with Crippen LogP contribution in [0.1, 0.15) is 0 Å². The van der Waals surface area contributed by atoms with Crippen LogP contribution in [-0.2, 0) is 1.81 Å². The van der Waals surface area contributed by atoms with Gasteiger partial charge in [-0.25, -0.2) is 0 Å². The van der Waals surface area contributed by atoms with Gasteiger partial charge in [-0.15, -0.1) is 0 Å². The summed E-state index contributed by atoms with van der Waals surface area (Å²) in [5.74, 6) is 0. The maximum atomic E-state index is 9.26. The Kier molecular flexibility index (Phi) is 1.71. The molecule has 0 aliphatic rings. The quantitative estimate of drug-likeness (QED) is 0.264. The van der Waals surface area contributed by atoms with E-state index < -0.39 is 32.7 Å². The molecule has 0 amide bonds. The Bertz CT molecular complexity index is 157. The molecule has 0 fully saturated rings. The van der Waals surface area contributed by atoms with Crippen LogP contribution < -0.4 is 0 Å². The standard InChI is InChI=1S/La.NO3.5H2O/c;2-1(3)4;;;;;/h;;5*1H2/q+6;-1;;;;;/p-5. The van der Waals surface area contributed by atoms with E-state index in [0.717, 1.165) is 0 Å². The Balaban J connectivity index is 4.59. The van der Waals surface area contributed by atoms with Gasteiger partial charge in [0.05, 0.1) is 0 Å². The van der Waals surface area contributed by atoms with Crippen molar-refractivity contribution < 1.29 is 44.9 Å². The Labute approximate surface area is 54.9 Å². The summed E-state index contributed by atoms with van der Waals surface area (Å²) in [5.41, 5.74) is 0. The van der Waals surface area contributed by atoms with Gasteiger partial charge >= 0.3 is 55.0 Å². The van der Waals surface area contributed by atoms with Gasteiger partial charge in [0, 0.05) is 0 Å². The fourth-order valence-corrected chi connectivity index (χ4v) is 1.40. The summed E-state index contributed by atoms with van der Waals surface area (Å²) in [6.07, 6.45) is 0. The Morgan fingerprint density at radius 2 is 1.50 bits per heavy atom. The van der Waals surface area contributed by atoms with Crippen LogP contribution in [0.3, 0.4) is 0 Å². The molecule has 0 saturated heterocycles. The van der Waals surface area contributed by atoms with Gasteiger partial charge in [-0.2, -0.15) is 0 Å². The molecule has 0 unspecified atom stereocenters. The van der Waals surface area contributed by atoms with Gasteiger partial charge in [-0.3, -0.25) is 0 Å². The average Bonchev–Trinajstić information content (AvgIpc) is 1.12. The van der Waals surface area contributed by atoms with E-state index in [1.165, 1.54) is 0 Å². The molecule has 9 nitrogen and oxygen atoms in total. The summed E-state index contributed by atoms with van der Waals surface area (Å²) in [7, 11) is 0. The third kappa shape index (κ3) is 8.19. The van der Waals surface area contributed by atoms with Crippen LogP contribution in [0.15, 0.2) is 0 Å². The molecule has 0 aromatic heterocycles. The SMILES string of the molecule is O=[N+]([O-])[O][La]([OH])([OH])([OH])([OH])[OH]. The van der Waals surface area contributed by atoms with Crippen molar-refractivity contribution in [3.63, 3.8) is 0 Å². The van der Waals surface area contributed by atoms with Crippen LogP contribution in [0.2, 0.25) is 0 Å². The topological polar surface area (TPSA) is 154 Å². The molecule has 61 valence electrons. The Morgan fingerprint density at radius 3 is 1.50 bits per heavy atom. The first-order valence-electron chi connectivity index (χ1n) is 2.07. The molecule has 10 heavy (non-hydrogen) atoms. The molecule has 0 aliphatic heterocycles. The second-order valence-corrected chi connectivity index (χ2v) is 13.2. The van der Waals surface area contributed by atoms with Crippen LogP contribution in [0.5, 0.6) is 0 Å². The summed E-state index contributed by atoms with van der Waals surface area (Å²) in [6, 6.07) is 0. The average molecular weight is 286 g/mol.